The number of nitrogens with one attached hydrogen (secondary N) is 1. The number of aliphatic hydroxyl groups excluding tert-OH is 1. The van der Waals surface area contributed by atoms with E-state index in [0.29, 0.717) is 13.0 Å². The largest absolute Gasteiger partial charge is 0.394 e. The summed E-state index contributed by atoms with van der Waals surface area (Å²) in [7, 11) is 1.77. The molecule has 6 nitrogen and oxygen atoms in total. The van der Waals surface area contributed by atoms with Crippen molar-refractivity contribution < 1.29 is 14.7 Å². The van der Waals surface area contributed by atoms with Crippen molar-refractivity contribution >= 4 is 18.0 Å². The molecular formula is C22H33N3O3. The monoisotopic (exact) mass is 387 g/mol. The lowest BCUT2D eigenvalue weighted by Gasteiger charge is -2.55. The van der Waals surface area contributed by atoms with Crippen LogP contribution in [0.25, 0.3) is 6.08 Å². The van der Waals surface area contributed by atoms with E-state index in [2.05, 4.69) is 17.4 Å². The summed E-state index contributed by atoms with van der Waals surface area (Å²) in [6.07, 6.45) is 4.44. The third-order valence-corrected chi connectivity index (χ3v) is 5.25. The minimum absolute atomic E-state index is 0.00154. The highest BCUT2D eigenvalue weighted by Gasteiger charge is 2.51. The van der Waals surface area contributed by atoms with Crippen molar-refractivity contribution in [3.8, 4) is 0 Å². The number of carbonyl (C=O) groups is 2. The fourth-order valence-corrected chi connectivity index (χ4v) is 3.89. The number of likely N-dealkylation sites (tertiary alicyclic amines) is 1. The Morgan fingerprint density at radius 1 is 1.25 bits per heavy atom. The minimum atomic E-state index is -0.304. The van der Waals surface area contributed by atoms with Gasteiger partial charge in [-0.1, -0.05) is 43.3 Å². The van der Waals surface area contributed by atoms with E-state index in [0.717, 1.165) is 11.1 Å². The van der Waals surface area contributed by atoms with E-state index in [1.54, 1.807) is 16.8 Å². The second-order valence-corrected chi connectivity index (χ2v) is 7.65. The van der Waals surface area contributed by atoms with Gasteiger partial charge in [0.05, 0.1) is 18.7 Å². The highest BCUT2D eigenvalue weighted by molar-refractivity contribution is 5.78. The number of aliphatic hydroxyl groups is 1. The van der Waals surface area contributed by atoms with Crippen LogP contribution in [0.4, 0.5) is 4.79 Å². The normalized spacial score (nSPS) is 21.7. The number of allylic oxidation sites excluding steroid dienone is 1. The number of likely N-dealkylation sites (N-methyl/N-ethyl adjacent to an activating group) is 1. The summed E-state index contributed by atoms with van der Waals surface area (Å²) in [5.74, 6) is 0.0218. The van der Waals surface area contributed by atoms with Gasteiger partial charge in [0.25, 0.3) is 0 Å². The molecule has 0 spiro atoms. The Morgan fingerprint density at radius 2 is 1.89 bits per heavy atom. The van der Waals surface area contributed by atoms with Crippen LogP contribution < -0.4 is 5.32 Å². The average molecular weight is 388 g/mol. The Bertz CT molecular complexity index is 699. The number of hydrogen-bond donors (Lipinski definition) is 2. The van der Waals surface area contributed by atoms with Gasteiger partial charge in [-0.25, -0.2) is 4.79 Å². The lowest BCUT2D eigenvalue weighted by molar-refractivity contribution is -0.131. The van der Waals surface area contributed by atoms with Crippen LogP contribution in [0.5, 0.6) is 0 Å². The van der Waals surface area contributed by atoms with Gasteiger partial charge in [-0.15, -0.1) is 0 Å². The summed E-state index contributed by atoms with van der Waals surface area (Å²) >= 11 is 0. The van der Waals surface area contributed by atoms with Crippen LogP contribution in [0, 0.1) is 0 Å². The van der Waals surface area contributed by atoms with Gasteiger partial charge < -0.3 is 20.2 Å². The highest BCUT2D eigenvalue weighted by atomic mass is 16.3. The van der Waals surface area contributed by atoms with Crippen molar-refractivity contribution in [3.63, 3.8) is 0 Å². The van der Waals surface area contributed by atoms with Crippen LogP contribution in [-0.4, -0.2) is 65.2 Å². The molecule has 0 radical (unpaired) electrons. The molecule has 28 heavy (non-hydrogen) atoms. The predicted molar refractivity (Wildman–Crippen MR) is 112 cm³/mol. The molecule has 0 aromatic heterocycles. The molecule has 3 amide bonds. The summed E-state index contributed by atoms with van der Waals surface area (Å²) < 4.78 is 0. The van der Waals surface area contributed by atoms with Gasteiger partial charge in [-0.3, -0.25) is 4.79 Å². The van der Waals surface area contributed by atoms with E-state index in [9.17, 15) is 14.7 Å². The van der Waals surface area contributed by atoms with Crippen LogP contribution in [0.15, 0.2) is 30.3 Å². The molecule has 1 heterocycles. The molecule has 0 unspecified atom stereocenters. The van der Waals surface area contributed by atoms with E-state index in [1.807, 2.05) is 52.0 Å². The summed E-state index contributed by atoms with van der Waals surface area (Å²) in [5.41, 5.74) is 2.18. The molecule has 1 aliphatic rings. The summed E-state index contributed by atoms with van der Waals surface area (Å²) in [4.78, 5) is 28.2. The molecule has 1 aromatic rings. The third-order valence-electron chi connectivity index (χ3n) is 5.25. The number of carbonyl (C=O) groups excluding carboxylic acids is 2. The molecule has 0 saturated carbocycles. The molecule has 3 atom stereocenters. The van der Waals surface area contributed by atoms with E-state index in [1.165, 1.54) is 0 Å². The SMILES string of the molecule is C/C=C/c1ccc([C@@H]2[C@@H](CN(C)C(=O)CC)N(C(=O)NC(C)C)[C@H]2CO)cc1. The number of benzene rings is 1. The molecule has 1 aromatic carbocycles. The lowest BCUT2D eigenvalue weighted by Crippen LogP contribution is -2.70. The van der Waals surface area contributed by atoms with Gasteiger partial charge in [-0.2, -0.15) is 0 Å². The number of urea groups is 1. The molecular weight excluding hydrogens is 354 g/mol. The quantitative estimate of drug-likeness (QED) is 0.756. The first-order chi connectivity index (χ1) is 13.3. The Morgan fingerprint density at radius 3 is 2.39 bits per heavy atom. The van der Waals surface area contributed by atoms with Gasteiger partial charge >= 0.3 is 6.03 Å². The van der Waals surface area contributed by atoms with E-state index < -0.39 is 0 Å². The average Bonchev–Trinajstić information content (AvgIpc) is 2.64. The zero-order valence-corrected chi connectivity index (χ0v) is 17.6. The second-order valence-electron chi connectivity index (χ2n) is 7.65. The van der Waals surface area contributed by atoms with Crippen LogP contribution in [-0.2, 0) is 4.79 Å². The zero-order valence-electron chi connectivity index (χ0n) is 17.6. The fraction of sp³-hybridized carbons (Fsp3) is 0.545. The molecule has 2 N–H and O–H groups in total. The van der Waals surface area contributed by atoms with Crippen LogP contribution in [0.2, 0.25) is 0 Å². The zero-order chi connectivity index (χ0) is 20.8. The lowest BCUT2D eigenvalue weighted by atomic mass is 9.75. The van der Waals surface area contributed by atoms with Crippen molar-refractivity contribution in [3.05, 3.63) is 41.5 Å². The molecule has 0 bridgehead atoms. The van der Waals surface area contributed by atoms with Crippen molar-refractivity contribution in [2.75, 3.05) is 20.2 Å². The fourth-order valence-electron chi connectivity index (χ4n) is 3.89. The molecule has 154 valence electrons. The number of hydrogen-bond acceptors (Lipinski definition) is 3. The maximum absolute atomic E-state index is 12.7. The molecule has 6 heteroatoms. The number of nitrogens with zero attached hydrogens (tertiary/aromatic N) is 2. The Kier molecular flexibility index (Phi) is 7.63. The summed E-state index contributed by atoms with van der Waals surface area (Å²) in [6, 6.07) is 7.51. The first kappa shape index (κ1) is 22.0. The Balaban J connectivity index is 2.31. The standard InChI is InChI=1S/C22H33N3O3/c1-6-8-16-9-11-17(12-10-16)21-18(13-24(5)20(27)7-2)25(19(21)14-26)22(28)23-15(3)4/h6,8-12,15,18-19,21,26H,7,13-14H2,1-5H3,(H,23,28)/b8-6+/t18-,19+,21-/m1/s1. The molecule has 2 rings (SSSR count). The van der Waals surface area contributed by atoms with Crippen molar-refractivity contribution in [1.82, 2.24) is 15.1 Å². The Hall–Kier alpha value is -2.34. The first-order valence-corrected chi connectivity index (χ1v) is 10.00. The van der Waals surface area contributed by atoms with E-state index in [-0.39, 0.29) is 42.6 Å². The topological polar surface area (TPSA) is 72.9 Å². The first-order valence-electron chi connectivity index (χ1n) is 10.00. The molecule has 1 saturated heterocycles. The van der Waals surface area contributed by atoms with Crippen LogP contribution in [0.3, 0.4) is 0 Å². The smallest absolute Gasteiger partial charge is 0.318 e. The molecule has 1 fully saturated rings. The van der Waals surface area contributed by atoms with Crippen molar-refractivity contribution in [2.45, 2.75) is 58.2 Å². The van der Waals surface area contributed by atoms with E-state index in [4.69, 9.17) is 0 Å². The Labute approximate surface area is 168 Å². The van der Waals surface area contributed by atoms with Crippen LogP contribution in [0.1, 0.15) is 51.2 Å². The third kappa shape index (κ3) is 4.73. The number of rotatable bonds is 7. The van der Waals surface area contributed by atoms with Gasteiger partial charge in [0.2, 0.25) is 5.91 Å². The van der Waals surface area contributed by atoms with Gasteiger partial charge in [0.15, 0.2) is 0 Å². The maximum atomic E-state index is 12.7. The second kappa shape index (κ2) is 9.73. The van der Waals surface area contributed by atoms with Gasteiger partial charge in [0, 0.05) is 32.0 Å². The van der Waals surface area contributed by atoms with E-state index >= 15 is 0 Å². The number of amides is 3. The minimum Gasteiger partial charge on any atom is -0.394 e. The van der Waals surface area contributed by atoms with Gasteiger partial charge in [0.1, 0.15) is 0 Å². The van der Waals surface area contributed by atoms with Gasteiger partial charge in [-0.05, 0) is 31.9 Å². The van der Waals surface area contributed by atoms with Crippen LogP contribution >= 0.6 is 0 Å². The highest BCUT2D eigenvalue weighted by Crippen LogP contribution is 2.41. The summed E-state index contributed by atoms with van der Waals surface area (Å²) in [5, 5.41) is 12.9. The predicted octanol–water partition coefficient (Wildman–Crippen LogP) is 2.83. The molecule has 0 aliphatic carbocycles. The summed E-state index contributed by atoms with van der Waals surface area (Å²) in [6.45, 7) is 7.95. The molecule has 1 aliphatic heterocycles. The van der Waals surface area contributed by atoms with Crippen molar-refractivity contribution in [1.29, 1.82) is 0 Å². The van der Waals surface area contributed by atoms with Crippen molar-refractivity contribution in [2.24, 2.45) is 0 Å². The maximum Gasteiger partial charge on any atom is 0.318 e.